The molecule has 1 atom stereocenters. The number of rotatable bonds is 12. The Balaban J connectivity index is 0.00000841. The van der Waals surface area contributed by atoms with Crippen LogP contribution in [0, 0.1) is 0 Å². The molecule has 174 valence electrons. The highest BCUT2D eigenvalue weighted by molar-refractivity contribution is 14.0. The maximum Gasteiger partial charge on any atom is 0.213 e. The lowest BCUT2D eigenvalue weighted by molar-refractivity contribution is 0.186. The quantitative estimate of drug-likeness (QED) is 0.158. The molecule has 10 heteroatoms. The van der Waals surface area contributed by atoms with Crippen molar-refractivity contribution in [3.05, 3.63) is 29.8 Å². The fourth-order valence-corrected chi connectivity index (χ4v) is 3.38. The van der Waals surface area contributed by atoms with E-state index in [1.165, 1.54) is 4.31 Å². The highest BCUT2D eigenvalue weighted by Gasteiger charge is 2.14. The van der Waals surface area contributed by atoms with E-state index in [1.54, 1.807) is 14.0 Å². The van der Waals surface area contributed by atoms with E-state index in [1.807, 2.05) is 45.0 Å². The van der Waals surface area contributed by atoms with Gasteiger partial charge in [0.1, 0.15) is 5.75 Å². The minimum atomic E-state index is -3.15. The van der Waals surface area contributed by atoms with Crippen LogP contribution in [-0.2, 0) is 10.0 Å². The van der Waals surface area contributed by atoms with Crippen molar-refractivity contribution in [2.24, 2.45) is 4.99 Å². The Morgan fingerprint density at radius 3 is 2.37 bits per heavy atom. The lowest BCUT2D eigenvalue weighted by Gasteiger charge is -2.17. The van der Waals surface area contributed by atoms with Gasteiger partial charge in [-0.3, -0.25) is 4.99 Å². The summed E-state index contributed by atoms with van der Waals surface area (Å²) in [5.74, 6) is 1.46. The number of nitrogens with one attached hydrogen (secondary N) is 2. The summed E-state index contributed by atoms with van der Waals surface area (Å²) in [4.78, 5) is 4.42. The van der Waals surface area contributed by atoms with E-state index in [0.717, 1.165) is 11.3 Å². The zero-order valence-corrected chi connectivity index (χ0v) is 21.7. The maximum absolute atomic E-state index is 11.7. The van der Waals surface area contributed by atoms with Gasteiger partial charge in [0.2, 0.25) is 10.0 Å². The Kier molecular flexibility index (Phi) is 14.3. The Morgan fingerprint density at radius 2 is 1.83 bits per heavy atom. The highest BCUT2D eigenvalue weighted by atomic mass is 127. The molecular weight excluding hydrogens is 519 g/mol. The van der Waals surface area contributed by atoms with Gasteiger partial charge < -0.3 is 20.5 Å². The van der Waals surface area contributed by atoms with E-state index < -0.39 is 16.1 Å². The molecule has 0 saturated heterocycles. The Morgan fingerprint density at radius 1 is 1.20 bits per heavy atom. The molecule has 1 aromatic carbocycles. The van der Waals surface area contributed by atoms with Crippen molar-refractivity contribution in [3.63, 3.8) is 0 Å². The van der Waals surface area contributed by atoms with Crippen molar-refractivity contribution in [3.8, 4) is 5.75 Å². The predicted octanol–water partition coefficient (Wildman–Crippen LogP) is 2.35. The van der Waals surface area contributed by atoms with Crippen LogP contribution >= 0.6 is 24.0 Å². The minimum Gasteiger partial charge on any atom is -0.491 e. The van der Waals surface area contributed by atoms with Gasteiger partial charge in [0.15, 0.2) is 5.96 Å². The first-order valence-electron chi connectivity index (χ1n) is 10.1. The fourth-order valence-electron chi connectivity index (χ4n) is 2.53. The number of aliphatic hydroxyl groups is 1. The lowest BCUT2D eigenvalue weighted by atomic mass is 10.1. The molecule has 30 heavy (non-hydrogen) atoms. The van der Waals surface area contributed by atoms with Crippen molar-refractivity contribution in [1.82, 2.24) is 14.9 Å². The van der Waals surface area contributed by atoms with Crippen molar-refractivity contribution < 1.29 is 18.3 Å². The number of benzene rings is 1. The van der Waals surface area contributed by atoms with Crippen LogP contribution in [0.5, 0.6) is 5.75 Å². The van der Waals surface area contributed by atoms with Gasteiger partial charge in [0.05, 0.1) is 24.5 Å². The average molecular weight is 557 g/mol. The van der Waals surface area contributed by atoms with Gasteiger partial charge >= 0.3 is 0 Å². The first-order valence-corrected chi connectivity index (χ1v) is 11.7. The molecule has 3 N–H and O–H groups in total. The first-order chi connectivity index (χ1) is 13.7. The maximum atomic E-state index is 11.7. The zero-order chi connectivity index (χ0) is 21.9. The van der Waals surface area contributed by atoms with Crippen LogP contribution in [0.2, 0.25) is 0 Å². The van der Waals surface area contributed by atoms with Crippen LogP contribution in [0.15, 0.2) is 29.3 Å². The molecule has 1 rings (SSSR count). The van der Waals surface area contributed by atoms with Gasteiger partial charge in [-0.05, 0) is 51.8 Å². The number of guanidine groups is 1. The number of ether oxygens (including phenoxy) is 1. The van der Waals surface area contributed by atoms with Crippen molar-refractivity contribution in [1.29, 1.82) is 0 Å². The third-order valence-corrected chi connectivity index (χ3v) is 6.05. The van der Waals surface area contributed by atoms with Crippen LogP contribution in [0.25, 0.3) is 0 Å². The van der Waals surface area contributed by atoms with E-state index in [9.17, 15) is 13.5 Å². The smallest absolute Gasteiger partial charge is 0.213 e. The predicted molar refractivity (Wildman–Crippen MR) is 133 cm³/mol. The lowest BCUT2D eigenvalue weighted by Crippen LogP contribution is -2.39. The summed E-state index contributed by atoms with van der Waals surface area (Å²) in [5, 5.41) is 16.7. The normalized spacial score (nSPS) is 13.1. The number of halogens is 1. The van der Waals surface area contributed by atoms with Gasteiger partial charge in [0, 0.05) is 26.7 Å². The molecule has 8 nitrogen and oxygen atoms in total. The van der Waals surface area contributed by atoms with E-state index in [2.05, 4.69) is 15.6 Å². The Labute approximate surface area is 198 Å². The van der Waals surface area contributed by atoms with E-state index >= 15 is 0 Å². The molecule has 1 unspecified atom stereocenters. The van der Waals surface area contributed by atoms with Gasteiger partial charge in [-0.25, -0.2) is 12.7 Å². The van der Waals surface area contributed by atoms with Crippen molar-refractivity contribution in [2.75, 3.05) is 39.0 Å². The number of sulfonamides is 1. The molecule has 1 aromatic rings. The van der Waals surface area contributed by atoms with E-state index in [4.69, 9.17) is 4.74 Å². The number of nitrogens with zero attached hydrogens (tertiary/aromatic N) is 2. The second kappa shape index (κ2) is 14.8. The van der Waals surface area contributed by atoms with Crippen molar-refractivity contribution >= 4 is 40.0 Å². The average Bonchev–Trinajstić information content (AvgIpc) is 2.68. The summed E-state index contributed by atoms with van der Waals surface area (Å²) in [7, 11) is -1.56. The van der Waals surface area contributed by atoms with Crippen LogP contribution < -0.4 is 15.4 Å². The molecule has 0 aliphatic carbocycles. The van der Waals surface area contributed by atoms with Crippen LogP contribution in [-0.4, -0.2) is 68.9 Å². The number of aliphatic imine (C=N–C) groups is 1. The molecule has 0 spiro atoms. The Bertz CT molecular complexity index is 727. The largest absolute Gasteiger partial charge is 0.491 e. The standard InChI is InChI=1S/C20H36N4O4S.HI/c1-6-21-20(22-13-8-14-24(5)29(26,27)7-2)23-15-19(25)17-9-11-18(12-10-17)28-16(3)4;/h9-12,16,19,25H,6-8,13-15H2,1-5H3,(H2,21,22,23);1H. The molecule has 0 radical (unpaired) electrons. The molecule has 0 saturated carbocycles. The number of hydrogen-bond acceptors (Lipinski definition) is 5. The van der Waals surface area contributed by atoms with Gasteiger partial charge in [-0.1, -0.05) is 12.1 Å². The molecule has 0 amide bonds. The Hall–Kier alpha value is -1.11. The summed E-state index contributed by atoms with van der Waals surface area (Å²) in [6.07, 6.45) is 0.0328. The SMILES string of the molecule is CCNC(=NCC(O)c1ccc(OC(C)C)cc1)NCCCN(C)S(=O)(=O)CC.I. The van der Waals surface area contributed by atoms with Crippen LogP contribution in [0.4, 0.5) is 0 Å². The highest BCUT2D eigenvalue weighted by Crippen LogP contribution is 2.19. The molecule has 0 aliphatic heterocycles. The topological polar surface area (TPSA) is 103 Å². The summed E-state index contributed by atoms with van der Waals surface area (Å²) in [6.45, 7) is 9.44. The molecule has 0 aliphatic rings. The number of hydrogen-bond donors (Lipinski definition) is 3. The first kappa shape index (κ1) is 28.9. The third-order valence-electron chi connectivity index (χ3n) is 4.19. The summed E-state index contributed by atoms with van der Waals surface area (Å²) in [6, 6.07) is 7.35. The molecule has 0 aromatic heterocycles. The molecule has 0 heterocycles. The summed E-state index contributed by atoms with van der Waals surface area (Å²) >= 11 is 0. The summed E-state index contributed by atoms with van der Waals surface area (Å²) < 4.78 is 30.5. The van der Waals surface area contributed by atoms with E-state index in [0.29, 0.717) is 32.0 Å². The second-order valence-corrected chi connectivity index (χ2v) is 9.34. The van der Waals surface area contributed by atoms with Crippen LogP contribution in [0.1, 0.15) is 45.8 Å². The molecule has 0 fully saturated rings. The van der Waals surface area contributed by atoms with Crippen molar-refractivity contribution in [2.45, 2.75) is 46.3 Å². The molecule has 0 bridgehead atoms. The van der Waals surface area contributed by atoms with Crippen LogP contribution in [0.3, 0.4) is 0 Å². The monoisotopic (exact) mass is 556 g/mol. The van der Waals surface area contributed by atoms with E-state index in [-0.39, 0.29) is 42.4 Å². The van der Waals surface area contributed by atoms with Gasteiger partial charge in [-0.2, -0.15) is 0 Å². The zero-order valence-electron chi connectivity index (χ0n) is 18.6. The van der Waals surface area contributed by atoms with Gasteiger partial charge in [0.25, 0.3) is 0 Å². The minimum absolute atomic E-state index is 0. The fraction of sp³-hybridized carbons (Fsp3) is 0.650. The second-order valence-electron chi connectivity index (χ2n) is 6.97. The summed E-state index contributed by atoms with van der Waals surface area (Å²) in [5.41, 5.74) is 0.770. The third kappa shape index (κ3) is 10.8. The number of aliphatic hydroxyl groups excluding tert-OH is 1. The van der Waals surface area contributed by atoms with Gasteiger partial charge in [-0.15, -0.1) is 24.0 Å². The molecular formula is C20H37IN4O4S.